The first-order chi connectivity index (χ1) is 8.84. The molecule has 0 saturated carbocycles. The second-order valence-electron chi connectivity index (χ2n) is 3.70. The van der Waals surface area contributed by atoms with Crippen molar-refractivity contribution in [1.29, 1.82) is 0 Å². The van der Waals surface area contributed by atoms with Crippen molar-refractivity contribution >= 4 is 0 Å². The largest absolute Gasteiger partial charge is 0.284 e. The lowest BCUT2D eigenvalue weighted by atomic mass is 10.2. The molecule has 0 aliphatic heterocycles. The van der Waals surface area contributed by atoms with E-state index in [2.05, 4.69) is 15.0 Å². The molecule has 2 aromatic heterocycles. The zero-order valence-corrected chi connectivity index (χ0v) is 9.36. The van der Waals surface area contributed by atoms with Gasteiger partial charge in [0.05, 0.1) is 0 Å². The molecule has 5 heteroatoms. The molecule has 1 aromatic carbocycles. The molecule has 0 spiro atoms. The number of nitrogens with zero attached hydrogens (tertiary/aromatic N) is 4. The molecule has 88 valence electrons. The van der Waals surface area contributed by atoms with Gasteiger partial charge in [0.1, 0.15) is 23.8 Å². The molecular weight excluding hydrogens is 231 g/mol. The quantitative estimate of drug-likeness (QED) is 0.691. The number of halogens is 1. The van der Waals surface area contributed by atoms with E-state index in [9.17, 15) is 4.39 Å². The summed E-state index contributed by atoms with van der Waals surface area (Å²) in [4.78, 5) is 12.3. The van der Waals surface area contributed by atoms with Crippen molar-refractivity contribution in [1.82, 2.24) is 19.5 Å². The van der Waals surface area contributed by atoms with Crippen LogP contribution < -0.4 is 0 Å². The van der Waals surface area contributed by atoms with Crippen LogP contribution in [0.4, 0.5) is 4.39 Å². The molecule has 2 heterocycles. The van der Waals surface area contributed by atoms with E-state index in [0.29, 0.717) is 5.82 Å². The van der Waals surface area contributed by atoms with Gasteiger partial charge in [-0.3, -0.25) is 4.57 Å². The maximum atomic E-state index is 12.9. The monoisotopic (exact) mass is 240 g/mol. The molecule has 4 nitrogen and oxygen atoms in total. The molecule has 0 saturated heterocycles. The molecule has 0 radical (unpaired) electrons. The van der Waals surface area contributed by atoms with Crippen LogP contribution in [0.3, 0.4) is 0 Å². The standard InChI is InChI=1S/C13H9FN4/c14-11-3-1-10(2-4-11)13-16-7-8-18(13)12-5-6-15-9-17-12/h1-9H. The molecule has 3 aromatic rings. The summed E-state index contributed by atoms with van der Waals surface area (Å²) < 4.78 is 14.7. The summed E-state index contributed by atoms with van der Waals surface area (Å²) >= 11 is 0. The SMILES string of the molecule is Fc1ccc(-c2nccn2-c2ccncn2)cc1. The van der Waals surface area contributed by atoms with Crippen LogP contribution in [0.15, 0.2) is 55.2 Å². The van der Waals surface area contributed by atoms with Gasteiger partial charge in [0.15, 0.2) is 0 Å². The van der Waals surface area contributed by atoms with Gasteiger partial charge in [0.2, 0.25) is 0 Å². The first kappa shape index (κ1) is 10.6. The molecule has 0 N–H and O–H groups in total. The Morgan fingerprint density at radius 1 is 0.944 bits per heavy atom. The number of aromatic nitrogens is 4. The Morgan fingerprint density at radius 3 is 2.50 bits per heavy atom. The summed E-state index contributed by atoms with van der Waals surface area (Å²) in [5.41, 5.74) is 0.833. The van der Waals surface area contributed by atoms with Crippen LogP contribution in [0.5, 0.6) is 0 Å². The number of rotatable bonds is 2. The Bertz CT molecular complexity index is 646. The second-order valence-corrected chi connectivity index (χ2v) is 3.70. The highest BCUT2D eigenvalue weighted by atomic mass is 19.1. The van der Waals surface area contributed by atoms with Gasteiger partial charge in [-0.05, 0) is 30.3 Å². The minimum atomic E-state index is -0.265. The average molecular weight is 240 g/mol. The molecule has 18 heavy (non-hydrogen) atoms. The van der Waals surface area contributed by atoms with E-state index >= 15 is 0 Å². The van der Waals surface area contributed by atoms with Gasteiger partial charge in [-0.2, -0.15) is 0 Å². The highest BCUT2D eigenvalue weighted by Crippen LogP contribution is 2.20. The first-order valence-corrected chi connectivity index (χ1v) is 5.40. The zero-order chi connectivity index (χ0) is 12.4. The van der Waals surface area contributed by atoms with Gasteiger partial charge in [0, 0.05) is 24.2 Å². The molecule has 0 atom stereocenters. The third kappa shape index (κ3) is 1.86. The Morgan fingerprint density at radius 2 is 1.78 bits per heavy atom. The predicted octanol–water partition coefficient (Wildman–Crippen LogP) is 2.47. The van der Waals surface area contributed by atoms with Crippen LogP contribution in [0.1, 0.15) is 0 Å². The van der Waals surface area contributed by atoms with Crippen molar-refractivity contribution in [3.05, 3.63) is 61.1 Å². The smallest absolute Gasteiger partial charge is 0.145 e. The molecule has 0 fully saturated rings. The van der Waals surface area contributed by atoms with E-state index in [4.69, 9.17) is 0 Å². The highest BCUT2D eigenvalue weighted by Gasteiger charge is 2.08. The number of hydrogen-bond donors (Lipinski definition) is 0. The summed E-state index contributed by atoms with van der Waals surface area (Å²) in [5.74, 6) is 1.18. The van der Waals surface area contributed by atoms with Crippen LogP contribution >= 0.6 is 0 Å². The molecule has 3 rings (SSSR count). The Balaban J connectivity index is 2.10. The number of imidazole rings is 1. The van der Waals surface area contributed by atoms with Gasteiger partial charge in [-0.25, -0.2) is 19.3 Å². The average Bonchev–Trinajstić information content (AvgIpc) is 2.90. The van der Waals surface area contributed by atoms with Crippen LogP contribution in [0.2, 0.25) is 0 Å². The molecule has 0 aliphatic carbocycles. The normalized spacial score (nSPS) is 10.5. The Kier molecular flexibility index (Phi) is 2.57. The van der Waals surface area contributed by atoms with E-state index in [1.807, 2.05) is 4.57 Å². The molecular formula is C13H9FN4. The Labute approximate surface area is 103 Å². The lowest BCUT2D eigenvalue weighted by Crippen LogP contribution is -1.99. The first-order valence-electron chi connectivity index (χ1n) is 5.40. The third-order valence-corrected chi connectivity index (χ3v) is 2.56. The van der Waals surface area contributed by atoms with E-state index in [-0.39, 0.29) is 5.82 Å². The van der Waals surface area contributed by atoms with Crippen molar-refractivity contribution < 1.29 is 4.39 Å². The van der Waals surface area contributed by atoms with Gasteiger partial charge in [-0.1, -0.05) is 0 Å². The van der Waals surface area contributed by atoms with Crippen LogP contribution in [0, 0.1) is 5.82 Å². The summed E-state index contributed by atoms with van der Waals surface area (Å²) in [6, 6.07) is 7.99. The Hall–Kier alpha value is -2.56. The maximum Gasteiger partial charge on any atom is 0.145 e. The number of hydrogen-bond acceptors (Lipinski definition) is 3. The minimum absolute atomic E-state index is 0.265. The zero-order valence-electron chi connectivity index (χ0n) is 9.36. The van der Waals surface area contributed by atoms with Crippen LogP contribution in [-0.4, -0.2) is 19.5 Å². The minimum Gasteiger partial charge on any atom is -0.284 e. The van der Waals surface area contributed by atoms with Gasteiger partial charge < -0.3 is 0 Å². The fourth-order valence-corrected chi connectivity index (χ4v) is 1.73. The van der Waals surface area contributed by atoms with Crippen molar-refractivity contribution in [3.63, 3.8) is 0 Å². The molecule has 0 aliphatic rings. The predicted molar refractivity (Wildman–Crippen MR) is 64.5 cm³/mol. The maximum absolute atomic E-state index is 12.9. The van der Waals surface area contributed by atoms with Crippen molar-refractivity contribution in [3.8, 4) is 17.2 Å². The third-order valence-electron chi connectivity index (χ3n) is 2.56. The van der Waals surface area contributed by atoms with E-state index in [1.54, 1.807) is 36.8 Å². The van der Waals surface area contributed by atoms with Gasteiger partial charge in [-0.15, -0.1) is 0 Å². The van der Waals surface area contributed by atoms with E-state index < -0.39 is 0 Å². The highest BCUT2D eigenvalue weighted by molar-refractivity contribution is 5.57. The van der Waals surface area contributed by atoms with E-state index in [0.717, 1.165) is 11.4 Å². The molecule has 0 unspecified atom stereocenters. The summed E-state index contributed by atoms with van der Waals surface area (Å²) in [6.45, 7) is 0. The van der Waals surface area contributed by atoms with Crippen LogP contribution in [0.25, 0.3) is 17.2 Å². The van der Waals surface area contributed by atoms with Crippen LogP contribution in [-0.2, 0) is 0 Å². The van der Waals surface area contributed by atoms with E-state index in [1.165, 1.54) is 18.5 Å². The van der Waals surface area contributed by atoms with Crippen molar-refractivity contribution in [2.45, 2.75) is 0 Å². The molecule has 0 bridgehead atoms. The van der Waals surface area contributed by atoms with Gasteiger partial charge in [0.25, 0.3) is 0 Å². The fraction of sp³-hybridized carbons (Fsp3) is 0. The molecule has 0 amide bonds. The number of benzene rings is 1. The van der Waals surface area contributed by atoms with Crippen molar-refractivity contribution in [2.75, 3.05) is 0 Å². The summed E-state index contributed by atoms with van der Waals surface area (Å²) in [7, 11) is 0. The lowest BCUT2D eigenvalue weighted by molar-refractivity contribution is 0.628. The topological polar surface area (TPSA) is 43.6 Å². The second kappa shape index (κ2) is 4.37. The van der Waals surface area contributed by atoms with Crippen molar-refractivity contribution in [2.24, 2.45) is 0 Å². The van der Waals surface area contributed by atoms with Gasteiger partial charge >= 0.3 is 0 Å². The fourth-order valence-electron chi connectivity index (χ4n) is 1.73. The lowest BCUT2D eigenvalue weighted by Gasteiger charge is -2.06. The summed E-state index contributed by atoms with van der Waals surface area (Å²) in [5, 5.41) is 0. The summed E-state index contributed by atoms with van der Waals surface area (Å²) in [6.07, 6.45) is 6.63.